The van der Waals surface area contributed by atoms with Gasteiger partial charge in [0, 0.05) is 11.3 Å². The second kappa shape index (κ2) is 6.44. The predicted molar refractivity (Wildman–Crippen MR) is 70.6 cm³/mol. The van der Waals surface area contributed by atoms with Crippen LogP contribution in [0.2, 0.25) is 0 Å². The van der Waals surface area contributed by atoms with Gasteiger partial charge in [-0.15, -0.1) is 11.8 Å². The maximum atomic E-state index is 9.18. The molecule has 0 fully saturated rings. The van der Waals surface area contributed by atoms with Crippen molar-refractivity contribution in [3.8, 4) is 5.75 Å². The van der Waals surface area contributed by atoms with E-state index in [0.29, 0.717) is 11.6 Å². The van der Waals surface area contributed by atoms with Crippen LogP contribution in [0.3, 0.4) is 0 Å². The van der Waals surface area contributed by atoms with Gasteiger partial charge in [-0.1, -0.05) is 18.5 Å². The summed E-state index contributed by atoms with van der Waals surface area (Å²) < 4.78 is 5.18. The van der Waals surface area contributed by atoms with Gasteiger partial charge in [-0.25, -0.2) is 0 Å². The molecular weight excluding hydrogens is 248 g/mol. The molecule has 0 spiro atoms. The molecule has 2 aromatic rings. The highest BCUT2D eigenvalue weighted by Crippen LogP contribution is 2.23. The molecule has 0 saturated carbocycles. The van der Waals surface area contributed by atoms with E-state index in [1.165, 1.54) is 0 Å². The average Bonchev–Trinajstić information content (AvgIpc) is 2.84. The summed E-state index contributed by atoms with van der Waals surface area (Å²) in [6.45, 7) is 2.14. The molecule has 0 saturated heterocycles. The van der Waals surface area contributed by atoms with E-state index in [4.69, 9.17) is 4.52 Å². The monoisotopic (exact) mass is 264 g/mol. The summed E-state index contributed by atoms with van der Waals surface area (Å²) in [6, 6.07) is 7.08. The van der Waals surface area contributed by atoms with Crippen LogP contribution in [0, 0.1) is 0 Å². The van der Waals surface area contributed by atoms with Crippen LogP contribution < -0.4 is 0 Å². The lowest BCUT2D eigenvalue weighted by molar-refractivity contribution is 0.384. The van der Waals surface area contributed by atoms with Gasteiger partial charge in [-0.05, 0) is 30.7 Å². The van der Waals surface area contributed by atoms with Crippen LogP contribution in [0.4, 0.5) is 0 Å². The number of thioether (sulfide) groups is 1. The normalized spacial score (nSPS) is 10.7. The molecule has 1 N–H and O–H groups in total. The fraction of sp³-hybridized carbons (Fsp3) is 0.385. The minimum atomic E-state index is 0.277. The zero-order chi connectivity index (χ0) is 12.8. The van der Waals surface area contributed by atoms with Gasteiger partial charge in [-0.2, -0.15) is 4.98 Å². The lowest BCUT2D eigenvalue weighted by Gasteiger charge is -1.97. The molecule has 5 heteroatoms. The van der Waals surface area contributed by atoms with Crippen molar-refractivity contribution >= 4 is 11.8 Å². The Morgan fingerprint density at radius 1 is 1.28 bits per heavy atom. The number of hydrogen-bond donors (Lipinski definition) is 1. The Kier molecular flexibility index (Phi) is 4.64. The molecule has 0 aliphatic rings. The quantitative estimate of drug-likeness (QED) is 0.810. The summed E-state index contributed by atoms with van der Waals surface area (Å²) in [5, 5.41) is 13.1. The largest absolute Gasteiger partial charge is 0.508 e. The molecule has 0 atom stereocenters. The predicted octanol–water partition coefficient (Wildman–Crippen LogP) is 3.41. The SMILES string of the molecule is CCCCc1noc(CSc2ccc(O)cc2)n1. The van der Waals surface area contributed by atoms with Crippen LogP contribution in [0.5, 0.6) is 5.75 Å². The zero-order valence-corrected chi connectivity index (χ0v) is 11.1. The number of aryl methyl sites for hydroxylation is 1. The number of hydrogen-bond acceptors (Lipinski definition) is 5. The van der Waals surface area contributed by atoms with Gasteiger partial charge in [-0.3, -0.25) is 0 Å². The average molecular weight is 264 g/mol. The summed E-state index contributed by atoms with van der Waals surface area (Å²) in [7, 11) is 0. The van der Waals surface area contributed by atoms with Crippen LogP contribution in [-0.2, 0) is 12.2 Å². The summed E-state index contributed by atoms with van der Waals surface area (Å²) in [4.78, 5) is 5.40. The van der Waals surface area contributed by atoms with Crippen molar-refractivity contribution in [1.82, 2.24) is 10.1 Å². The standard InChI is InChI=1S/C13H16N2O2S/c1-2-3-4-12-14-13(17-15-12)9-18-11-7-5-10(16)6-8-11/h5-8,16H,2-4,9H2,1H3. The van der Waals surface area contributed by atoms with Crippen molar-refractivity contribution in [3.05, 3.63) is 36.0 Å². The van der Waals surface area contributed by atoms with Crippen LogP contribution in [-0.4, -0.2) is 15.2 Å². The lowest BCUT2D eigenvalue weighted by atomic mass is 10.2. The van der Waals surface area contributed by atoms with E-state index in [-0.39, 0.29) is 5.75 Å². The number of phenolic OH excluding ortho intramolecular Hbond substituents is 1. The number of aromatic hydroxyl groups is 1. The summed E-state index contributed by atoms with van der Waals surface area (Å²) in [6.07, 6.45) is 3.10. The van der Waals surface area contributed by atoms with Crippen molar-refractivity contribution in [3.63, 3.8) is 0 Å². The van der Waals surface area contributed by atoms with Gasteiger partial charge in [0.15, 0.2) is 5.82 Å². The van der Waals surface area contributed by atoms with Crippen LogP contribution in [0.1, 0.15) is 31.5 Å². The maximum Gasteiger partial charge on any atom is 0.237 e. The first kappa shape index (κ1) is 13.0. The van der Waals surface area contributed by atoms with E-state index >= 15 is 0 Å². The van der Waals surface area contributed by atoms with E-state index in [2.05, 4.69) is 17.1 Å². The third kappa shape index (κ3) is 3.77. The second-order valence-corrected chi connectivity index (χ2v) is 5.04. The minimum Gasteiger partial charge on any atom is -0.508 e. The Bertz CT molecular complexity index is 482. The number of rotatable bonds is 6. The second-order valence-electron chi connectivity index (χ2n) is 3.99. The van der Waals surface area contributed by atoms with Crippen LogP contribution >= 0.6 is 11.8 Å². The fourth-order valence-corrected chi connectivity index (χ4v) is 2.21. The Hall–Kier alpha value is -1.49. The highest BCUT2D eigenvalue weighted by atomic mass is 32.2. The molecule has 4 nitrogen and oxygen atoms in total. The fourth-order valence-electron chi connectivity index (χ4n) is 1.47. The molecule has 0 radical (unpaired) electrons. The smallest absolute Gasteiger partial charge is 0.237 e. The van der Waals surface area contributed by atoms with E-state index in [0.717, 1.165) is 30.0 Å². The zero-order valence-electron chi connectivity index (χ0n) is 10.3. The van der Waals surface area contributed by atoms with Gasteiger partial charge < -0.3 is 9.63 Å². The molecule has 2 rings (SSSR count). The minimum absolute atomic E-state index is 0.277. The Balaban J connectivity index is 1.86. The number of unbranched alkanes of at least 4 members (excludes halogenated alkanes) is 1. The van der Waals surface area contributed by atoms with Crippen LogP contribution in [0.25, 0.3) is 0 Å². The molecule has 0 amide bonds. The van der Waals surface area contributed by atoms with Crippen LogP contribution in [0.15, 0.2) is 33.7 Å². The van der Waals surface area contributed by atoms with E-state index in [9.17, 15) is 5.11 Å². The molecule has 96 valence electrons. The highest BCUT2D eigenvalue weighted by molar-refractivity contribution is 7.98. The van der Waals surface area contributed by atoms with Crippen molar-refractivity contribution in [2.45, 2.75) is 36.8 Å². The molecule has 0 aliphatic heterocycles. The maximum absolute atomic E-state index is 9.18. The van der Waals surface area contributed by atoms with E-state index in [1.807, 2.05) is 12.1 Å². The summed E-state index contributed by atoms with van der Waals surface area (Å²) in [5.74, 6) is 2.38. The number of nitrogens with zero attached hydrogens (tertiary/aromatic N) is 2. The Labute approximate surface area is 110 Å². The molecule has 1 aromatic heterocycles. The topological polar surface area (TPSA) is 59.2 Å². The number of benzene rings is 1. The number of phenols is 1. The van der Waals surface area contributed by atoms with E-state index < -0.39 is 0 Å². The first-order chi connectivity index (χ1) is 8.78. The number of aromatic nitrogens is 2. The Morgan fingerprint density at radius 3 is 2.78 bits per heavy atom. The van der Waals surface area contributed by atoms with Crippen molar-refractivity contribution in [2.24, 2.45) is 0 Å². The van der Waals surface area contributed by atoms with Gasteiger partial charge in [0.1, 0.15) is 5.75 Å². The first-order valence-corrected chi connectivity index (χ1v) is 7.00. The summed E-state index contributed by atoms with van der Waals surface area (Å²) in [5.41, 5.74) is 0. The first-order valence-electron chi connectivity index (χ1n) is 6.01. The molecule has 0 unspecified atom stereocenters. The van der Waals surface area contributed by atoms with Crippen molar-refractivity contribution in [1.29, 1.82) is 0 Å². The lowest BCUT2D eigenvalue weighted by Crippen LogP contribution is -1.88. The third-order valence-corrected chi connectivity index (χ3v) is 3.46. The molecule has 1 heterocycles. The molecule has 1 aromatic carbocycles. The highest BCUT2D eigenvalue weighted by Gasteiger charge is 2.06. The Morgan fingerprint density at radius 2 is 2.06 bits per heavy atom. The van der Waals surface area contributed by atoms with Gasteiger partial charge in [0.25, 0.3) is 0 Å². The van der Waals surface area contributed by atoms with Gasteiger partial charge >= 0.3 is 0 Å². The summed E-state index contributed by atoms with van der Waals surface area (Å²) >= 11 is 1.61. The van der Waals surface area contributed by atoms with Crippen molar-refractivity contribution < 1.29 is 9.63 Å². The van der Waals surface area contributed by atoms with Gasteiger partial charge in [0.05, 0.1) is 5.75 Å². The van der Waals surface area contributed by atoms with Gasteiger partial charge in [0.2, 0.25) is 5.89 Å². The third-order valence-electron chi connectivity index (χ3n) is 2.46. The van der Waals surface area contributed by atoms with Crippen molar-refractivity contribution in [2.75, 3.05) is 0 Å². The molecular formula is C13H16N2O2S. The van der Waals surface area contributed by atoms with E-state index in [1.54, 1.807) is 23.9 Å². The molecule has 18 heavy (non-hydrogen) atoms. The molecule has 0 aliphatic carbocycles. The molecule has 0 bridgehead atoms.